The molecule has 2 rings (SSSR count). The molecule has 0 radical (unpaired) electrons. The monoisotopic (exact) mass is 208 g/mol. The van der Waals surface area contributed by atoms with Crippen molar-refractivity contribution in [2.45, 2.75) is 32.2 Å². The van der Waals surface area contributed by atoms with Crippen molar-refractivity contribution >= 4 is 0 Å². The Kier molecular flexibility index (Phi) is 3.05. The van der Waals surface area contributed by atoms with Gasteiger partial charge in [-0.15, -0.1) is 0 Å². The van der Waals surface area contributed by atoms with Gasteiger partial charge < -0.3 is 5.32 Å². The molecule has 1 heterocycles. The Morgan fingerprint density at radius 1 is 1.53 bits per heavy atom. The van der Waals surface area contributed by atoms with Gasteiger partial charge in [-0.3, -0.25) is 4.68 Å². The van der Waals surface area contributed by atoms with E-state index in [2.05, 4.69) is 29.4 Å². The van der Waals surface area contributed by atoms with Crippen LogP contribution in [0.1, 0.15) is 25.6 Å². The molecule has 0 aromatic carbocycles. The van der Waals surface area contributed by atoms with Gasteiger partial charge in [0.05, 0.1) is 0 Å². The highest BCUT2D eigenvalue weighted by Crippen LogP contribution is 2.33. The number of nitrogens with one attached hydrogen (secondary N) is 1. The average Bonchev–Trinajstić information content (AvgIpc) is 2.77. The van der Waals surface area contributed by atoms with Gasteiger partial charge in [-0.05, 0) is 31.7 Å². The minimum absolute atomic E-state index is 0.684. The zero-order chi connectivity index (χ0) is 10.8. The first-order valence-electron chi connectivity index (χ1n) is 5.72. The van der Waals surface area contributed by atoms with Crippen molar-refractivity contribution in [1.82, 2.24) is 20.1 Å². The summed E-state index contributed by atoms with van der Waals surface area (Å²) in [5, 5.41) is 7.51. The second-order valence-electron chi connectivity index (χ2n) is 4.60. The van der Waals surface area contributed by atoms with Gasteiger partial charge in [-0.25, -0.2) is 4.98 Å². The summed E-state index contributed by atoms with van der Waals surface area (Å²) < 4.78 is 1.89. The van der Waals surface area contributed by atoms with E-state index in [9.17, 15) is 0 Å². The summed E-state index contributed by atoms with van der Waals surface area (Å²) in [7, 11) is 4.03. The lowest BCUT2D eigenvalue weighted by atomic mass is 9.92. The quantitative estimate of drug-likeness (QED) is 0.805. The molecule has 3 unspecified atom stereocenters. The van der Waals surface area contributed by atoms with Crippen molar-refractivity contribution in [3.05, 3.63) is 12.2 Å². The fraction of sp³-hybridized carbons (Fsp3) is 0.818. The molecule has 0 saturated heterocycles. The first kappa shape index (κ1) is 10.6. The van der Waals surface area contributed by atoms with Crippen molar-refractivity contribution in [2.24, 2.45) is 18.9 Å². The fourth-order valence-electron chi connectivity index (χ4n) is 2.68. The van der Waals surface area contributed by atoms with E-state index in [1.165, 1.54) is 12.8 Å². The molecule has 0 amide bonds. The second kappa shape index (κ2) is 4.31. The predicted octanol–water partition coefficient (Wildman–Crippen LogP) is 0.992. The van der Waals surface area contributed by atoms with Gasteiger partial charge >= 0.3 is 0 Å². The molecule has 4 nitrogen and oxygen atoms in total. The standard InChI is InChI=1S/C11H20N4/c1-8-9(4-5-10(8)12-2)6-11-13-7-14-15(11)3/h7-10,12H,4-6H2,1-3H3. The van der Waals surface area contributed by atoms with Crippen LogP contribution in [-0.2, 0) is 13.5 Å². The predicted molar refractivity (Wildman–Crippen MR) is 59.4 cm³/mol. The van der Waals surface area contributed by atoms with Crippen LogP contribution in [0.5, 0.6) is 0 Å². The smallest absolute Gasteiger partial charge is 0.138 e. The number of hydrogen-bond donors (Lipinski definition) is 1. The van der Waals surface area contributed by atoms with Crippen molar-refractivity contribution in [2.75, 3.05) is 7.05 Å². The van der Waals surface area contributed by atoms with E-state index < -0.39 is 0 Å². The largest absolute Gasteiger partial charge is 0.317 e. The average molecular weight is 208 g/mol. The Morgan fingerprint density at radius 2 is 2.33 bits per heavy atom. The van der Waals surface area contributed by atoms with Gasteiger partial charge in [0.25, 0.3) is 0 Å². The maximum atomic E-state index is 4.30. The summed E-state index contributed by atoms with van der Waals surface area (Å²) in [5.41, 5.74) is 0. The van der Waals surface area contributed by atoms with Crippen molar-refractivity contribution in [3.8, 4) is 0 Å². The molecule has 1 saturated carbocycles. The minimum Gasteiger partial charge on any atom is -0.317 e. The molecular weight excluding hydrogens is 188 g/mol. The van der Waals surface area contributed by atoms with E-state index in [4.69, 9.17) is 0 Å². The molecule has 3 atom stereocenters. The Balaban J connectivity index is 1.99. The van der Waals surface area contributed by atoms with Gasteiger partial charge in [0.1, 0.15) is 12.2 Å². The van der Waals surface area contributed by atoms with Crippen LogP contribution in [0, 0.1) is 11.8 Å². The van der Waals surface area contributed by atoms with E-state index in [0.29, 0.717) is 6.04 Å². The highest BCUT2D eigenvalue weighted by atomic mass is 15.3. The van der Waals surface area contributed by atoms with Crippen LogP contribution in [0.25, 0.3) is 0 Å². The second-order valence-corrected chi connectivity index (χ2v) is 4.60. The van der Waals surface area contributed by atoms with Crippen LogP contribution >= 0.6 is 0 Å². The van der Waals surface area contributed by atoms with Crippen LogP contribution in [0.3, 0.4) is 0 Å². The molecule has 0 bridgehead atoms. The molecule has 1 aromatic rings. The van der Waals surface area contributed by atoms with E-state index in [0.717, 1.165) is 24.1 Å². The Labute approximate surface area is 91.1 Å². The zero-order valence-corrected chi connectivity index (χ0v) is 9.77. The lowest BCUT2D eigenvalue weighted by Crippen LogP contribution is -2.30. The number of nitrogens with zero attached hydrogens (tertiary/aromatic N) is 3. The summed E-state index contributed by atoms with van der Waals surface area (Å²) in [4.78, 5) is 4.30. The fourth-order valence-corrected chi connectivity index (χ4v) is 2.68. The number of aryl methyl sites for hydroxylation is 1. The highest BCUT2D eigenvalue weighted by molar-refractivity contribution is 4.94. The molecule has 1 fully saturated rings. The van der Waals surface area contributed by atoms with E-state index in [-0.39, 0.29) is 0 Å². The van der Waals surface area contributed by atoms with E-state index in [1.807, 2.05) is 11.7 Å². The van der Waals surface area contributed by atoms with Crippen molar-refractivity contribution in [1.29, 1.82) is 0 Å². The van der Waals surface area contributed by atoms with Crippen LogP contribution < -0.4 is 5.32 Å². The van der Waals surface area contributed by atoms with Gasteiger partial charge in [-0.2, -0.15) is 5.10 Å². The minimum atomic E-state index is 0.684. The van der Waals surface area contributed by atoms with Crippen molar-refractivity contribution in [3.63, 3.8) is 0 Å². The molecule has 1 N–H and O–H groups in total. The van der Waals surface area contributed by atoms with E-state index in [1.54, 1.807) is 6.33 Å². The Morgan fingerprint density at radius 3 is 2.87 bits per heavy atom. The van der Waals surface area contributed by atoms with Crippen LogP contribution in [0.15, 0.2) is 6.33 Å². The lowest BCUT2D eigenvalue weighted by Gasteiger charge is -2.19. The maximum absolute atomic E-state index is 4.30. The third-order valence-electron chi connectivity index (χ3n) is 3.85. The lowest BCUT2D eigenvalue weighted by molar-refractivity contribution is 0.356. The molecule has 4 heteroatoms. The SMILES string of the molecule is CNC1CCC(Cc2ncnn2C)C1C. The topological polar surface area (TPSA) is 42.7 Å². The van der Waals surface area contributed by atoms with Gasteiger partial charge in [0.15, 0.2) is 0 Å². The number of hydrogen-bond acceptors (Lipinski definition) is 3. The first-order chi connectivity index (χ1) is 7.22. The number of rotatable bonds is 3. The Bertz CT molecular complexity index is 320. The first-order valence-corrected chi connectivity index (χ1v) is 5.72. The number of aromatic nitrogens is 3. The third kappa shape index (κ3) is 2.04. The molecule has 1 aromatic heterocycles. The molecule has 1 aliphatic carbocycles. The maximum Gasteiger partial charge on any atom is 0.138 e. The molecule has 0 spiro atoms. The molecule has 15 heavy (non-hydrogen) atoms. The molecule has 84 valence electrons. The molecule has 1 aliphatic rings. The van der Waals surface area contributed by atoms with Gasteiger partial charge in [0, 0.05) is 19.5 Å². The summed E-state index contributed by atoms with van der Waals surface area (Å²) in [6.07, 6.45) is 5.31. The zero-order valence-electron chi connectivity index (χ0n) is 9.77. The molecular formula is C11H20N4. The normalized spacial score (nSPS) is 31.0. The van der Waals surface area contributed by atoms with Crippen LogP contribution in [-0.4, -0.2) is 27.9 Å². The Hall–Kier alpha value is -0.900. The highest BCUT2D eigenvalue weighted by Gasteiger charge is 2.32. The molecule has 0 aliphatic heterocycles. The van der Waals surface area contributed by atoms with Gasteiger partial charge in [-0.1, -0.05) is 6.92 Å². The van der Waals surface area contributed by atoms with Crippen LogP contribution in [0.4, 0.5) is 0 Å². The summed E-state index contributed by atoms with van der Waals surface area (Å²) in [6.45, 7) is 2.34. The summed E-state index contributed by atoms with van der Waals surface area (Å²) >= 11 is 0. The van der Waals surface area contributed by atoms with Crippen LogP contribution in [0.2, 0.25) is 0 Å². The third-order valence-corrected chi connectivity index (χ3v) is 3.85. The summed E-state index contributed by atoms with van der Waals surface area (Å²) in [6, 6.07) is 0.684. The van der Waals surface area contributed by atoms with E-state index >= 15 is 0 Å². The van der Waals surface area contributed by atoms with Crippen molar-refractivity contribution < 1.29 is 0 Å². The summed E-state index contributed by atoms with van der Waals surface area (Å²) in [5.74, 6) is 2.61. The van der Waals surface area contributed by atoms with Gasteiger partial charge in [0.2, 0.25) is 0 Å².